The zero-order valence-corrected chi connectivity index (χ0v) is 36.6. The predicted octanol–water partition coefficient (Wildman–Crippen LogP) is 11.9. The molecule has 0 fully saturated rings. The predicted molar refractivity (Wildman–Crippen MR) is 251 cm³/mol. The van der Waals surface area contributed by atoms with E-state index in [1.807, 2.05) is 80.7 Å². The van der Waals surface area contributed by atoms with Crippen LogP contribution in [0.5, 0.6) is 35.1 Å². The lowest BCUT2D eigenvalue weighted by Gasteiger charge is -2.10. The highest BCUT2D eigenvalue weighted by Crippen LogP contribution is 2.39. The van der Waals surface area contributed by atoms with Gasteiger partial charge in [0, 0.05) is 35.2 Å². The summed E-state index contributed by atoms with van der Waals surface area (Å²) in [7, 11) is -2.66. The molecular formula is C49H34Cl2N5O8P. The summed E-state index contributed by atoms with van der Waals surface area (Å²) in [5.74, 6) is 0.522. The third kappa shape index (κ3) is 8.19. The lowest BCUT2D eigenvalue weighted by Crippen LogP contribution is -2.12. The summed E-state index contributed by atoms with van der Waals surface area (Å²) in [5.41, 5.74) is 9.00. The summed E-state index contributed by atoms with van der Waals surface area (Å²) in [6.45, 7) is 1.81. The number of hydrogen-bond donors (Lipinski definition) is 5. The van der Waals surface area contributed by atoms with Gasteiger partial charge in [-0.2, -0.15) is 9.97 Å². The van der Waals surface area contributed by atoms with Crippen LogP contribution in [0.1, 0.15) is 15.9 Å². The molecule has 0 spiro atoms. The number of rotatable bonds is 10. The highest BCUT2D eigenvalue weighted by Gasteiger charge is 2.21. The van der Waals surface area contributed by atoms with Gasteiger partial charge in [-0.25, -0.2) is 4.79 Å². The Morgan fingerprint density at radius 2 is 1.26 bits per heavy atom. The van der Waals surface area contributed by atoms with E-state index in [4.69, 9.17) is 37.4 Å². The first-order chi connectivity index (χ1) is 31.2. The van der Waals surface area contributed by atoms with Crippen molar-refractivity contribution in [3.8, 4) is 68.5 Å². The van der Waals surface area contributed by atoms with Crippen molar-refractivity contribution in [2.45, 2.75) is 6.92 Å². The first-order valence-electron chi connectivity index (χ1n) is 20.0. The number of phenolic OH excluding ortho intramolecular Hbond substituents is 1. The summed E-state index contributed by atoms with van der Waals surface area (Å²) in [5, 5.41) is 11.9. The largest absolute Gasteiger partial charge is 0.507 e. The number of benzene rings is 7. The number of nitrogens with one attached hydrogen (secondary N) is 2. The molecule has 0 aliphatic heterocycles. The molecule has 0 amide bonds. The quantitative estimate of drug-likeness (QED) is 0.0653. The fraction of sp³-hybridized carbons (Fsp3) is 0.0408. The van der Waals surface area contributed by atoms with Crippen LogP contribution in [0, 0.1) is 6.92 Å². The van der Waals surface area contributed by atoms with E-state index in [0.717, 1.165) is 38.7 Å². The molecule has 0 unspecified atom stereocenters. The van der Waals surface area contributed by atoms with Crippen molar-refractivity contribution < 1.29 is 38.5 Å². The fourth-order valence-electron chi connectivity index (χ4n) is 7.68. The van der Waals surface area contributed by atoms with E-state index in [9.17, 15) is 24.3 Å². The molecule has 0 aliphatic rings. The van der Waals surface area contributed by atoms with Gasteiger partial charge in [-0.15, -0.1) is 0 Å². The van der Waals surface area contributed by atoms with Crippen molar-refractivity contribution in [3.05, 3.63) is 161 Å². The smallest absolute Gasteiger partial charge is 0.356 e. The van der Waals surface area contributed by atoms with Crippen LogP contribution in [0.15, 0.2) is 140 Å². The third-order valence-electron chi connectivity index (χ3n) is 11.0. The number of fused-ring (bicyclic) bond motifs is 3. The number of esters is 1. The van der Waals surface area contributed by atoms with Crippen LogP contribution < -0.4 is 19.5 Å². The van der Waals surface area contributed by atoms with E-state index >= 15 is 0 Å². The third-order valence-corrected chi connectivity index (χ3v) is 12.6. The van der Waals surface area contributed by atoms with Gasteiger partial charge in [0.15, 0.2) is 0 Å². The molecule has 0 atom stereocenters. The number of para-hydroxylation sites is 1. The highest BCUT2D eigenvalue weighted by molar-refractivity contribution is 7.60. The number of halogens is 2. The van der Waals surface area contributed by atoms with Crippen molar-refractivity contribution in [1.82, 2.24) is 24.5 Å². The average Bonchev–Trinajstić information content (AvgIpc) is 3.96. The maximum absolute atomic E-state index is 13.8. The number of aryl methyl sites for hydroxylation is 2. The van der Waals surface area contributed by atoms with E-state index in [-0.39, 0.29) is 28.8 Å². The van der Waals surface area contributed by atoms with Crippen LogP contribution in [0.2, 0.25) is 10.0 Å². The molecule has 0 bridgehead atoms. The molecule has 3 heterocycles. The maximum Gasteiger partial charge on any atom is 0.356 e. The number of H-pyrrole nitrogens is 2. The Kier molecular flexibility index (Phi) is 10.4. The number of aromatic nitrogens is 5. The summed E-state index contributed by atoms with van der Waals surface area (Å²) < 4.78 is 31.4. The van der Waals surface area contributed by atoms with Crippen molar-refractivity contribution in [2.75, 3.05) is 0 Å². The zero-order chi connectivity index (χ0) is 45.1. The van der Waals surface area contributed by atoms with Crippen molar-refractivity contribution in [1.29, 1.82) is 0 Å². The summed E-state index contributed by atoms with van der Waals surface area (Å²) >= 11 is 13.5. The second-order valence-electron chi connectivity index (χ2n) is 15.3. The van der Waals surface area contributed by atoms with Crippen LogP contribution in [0.4, 0.5) is 0 Å². The molecule has 322 valence electrons. The van der Waals surface area contributed by atoms with Gasteiger partial charge in [-0.3, -0.25) is 4.57 Å². The number of nitrogens with zero attached hydrogens (tertiary/aromatic N) is 3. The van der Waals surface area contributed by atoms with Crippen molar-refractivity contribution in [2.24, 2.45) is 7.05 Å². The summed E-state index contributed by atoms with van der Waals surface area (Å²) in [4.78, 5) is 48.3. The topological polar surface area (TPSA) is 185 Å². The number of ether oxygens (including phenoxy) is 3. The van der Waals surface area contributed by atoms with Crippen LogP contribution >= 0.6 is 30.8 Å². The number of carbonyl (C=O) groups is 1. The molecule has 16 heteroatoms. The van der Waals surface area contributed by atoms with Gasteiger partial charge in [-0.1, -0.05) is 83.9 Å². The Labute approximate surface area is 379 Å². The lowest BCUT2D eigenvalue weighted by atomic mass is 9.99. The molecule has 3 aromatic heterocycles. The Balaban J connectivity index is 0.855. The van der Waals surface area contributed by atoms with Gasteiger partial charge in [0.05, 0.1) is 48.5 Å². The SMILES string of the molecule is Cc1ccc(Oc2nc3cc(-c4ccc(-c5ccccc5O)cc4)c(Cl)cc3[nH]2)cc1C(=O)Oc1cc2cc(-c3cc4nc(Oc5cccc(P(=O)(O)O)c5)[nH]c4cc3Cl)ccc2n1C. The van der Waals surface area contributed by atoms with Gasteiger partial charge >= 0.3 is 13.6 Å². The van der Waals surface area contributed by atoms with E-state index < -0.39 is 13.6 Å². The van der Waals surface area contributed by atoms with Gasteiger partial charge in [0.2, 0.25) is 5.88 Å². The second kappa shape index (κ2) is 16.3. The minimum Gasteiger partial charge on any atom is -0.507 e. The number of imidazole rings is 2. The summed E-state index contributed by atoms with van der Waals surface area (Å²) in [6.07, 6.45) is 0. The molecule has 0 aliphatic carbocycles. The number of phenols is 1. The summed E-state index contributed by atoms with van der Waals surface area (Å²) in [6, 6.07) is 40.8. The van der Waals surface area contributed by atoms with Gasteiger partial charge in [0.25, 0.3) is 12.0 Å². The first-order valence-corrected chi connectivity index (χ1v) is 22.3. The van der Waals surface area contributed by atoms with E-state index in [2.05, 4.69) is 19.9 Å². The Morgan fingerprint density at radius 1 is 0.662 bits per heavy atom. The van der Waals surface area contributed by atoms with Crippen molar-refractivity contribution in [3.63, 3.8) is 0 Å². The fourth-order valence-corrected chi connectivity index (χ4v) is 8.80. The van der Waals surface area contributed by atoms with Gasteiger partial charge < -0.3 is 43.6 Å². The highest BCUT2D eigenvalue weighted by atomic mass is 35.5. The first kappa shape index (κ1) is 41.6. The molecule has 7 aromatic carbocycles. The number of aromatic hydroxyl groups is 1. The molecule has 0 radical (unpaired) electrons. The zero-order valence-electron chi connectivity index (χ0n) is 34.2. The van der Waals surface area contributed by atoms with Gasteiger partial charge in [0.1, 0.15) is 17.2 Å². The molecular weight excluding hydrogens is 888 g/mol. The minimum atomic E-state index is -4.47. The van der Waals surface area contributed by atoms with Crippen LogP contribution in [0.25, 0.3) is 66.4 Å². The Morgan fingerprint density at radius 3 is 1.91 bits per heavy atom. The Bertz CT molecular complexity index is 3580. The monoisotopic (exact) mass is 921 g/mol. The molecule has 0 saturated carbocycles. The van der Waals surface area contributed by atoms with E-state index in [1.165, 1.54) is 18.2 Å². The molecule has 0 saturated heterocycles. The number of aromatic amines is 2. The molecule has 5 N–H and O–H groups in total. The lowest BCUT2D eigenvalue weighted by molar-refractivity contribution is 0.0721. The molecule has 10 aromatic rings. The molecule has 13 nitrogen and oxygen atoms in total. The molecule has 65 heavy (non-hydrogen) atoms. The van der Waals surface area contributed by atoms with E-state index in [0.29, 0.717) is 60.4 Å². The molecule has 10 rings (SSSR count). The van der Waals surface area contributed by atoms with Gasteiger partial charge in [-0.05, 0) is 102 Å². The minimum absolute atomic E-state index is 0.119. The van der Waals surface area contributed by atoms with Crippen LogP contribution in [0.3, 0.4) is 0 Å². The maximum atomic E-state index is 13.8. The Hall–Kier alpha value is -7.38. The van der Waals surface area contributed by atoms with E-state index in [1.54, 1.807) is 59.2 Å². The number of hydrogen-bond acceptors (Lipinski definition) is 8. The normalized spacial score (nSPS) is 11.7. The second-order valence-corrected chi connectivity index (χ2v) is 17.7. The standard InChI is InChI=1S/C49H34Cl2N5O8P/c1-26-10-16-32(63-49-52-40-22-36(38(50)24-42(40)55-49)28-13-11-27(12-14-28)34-8-3-4-9-45(34)57)21-35(26)47(58)64-46-19-30-18-29(15-17-44(30)56(46)2)37-23-41-43(25-39(37)51)54-48(53-41)62-31-6-5-7-33(20-31)65(59,60)61/h3-25,57H,1-2H3,(H,52,55)(H,53,54)(H2,59,60,61). The van der Waals surface area contributed by atoms with Crippen LogP contribution in [-0.4, -0.2) is 45.4 Å². The van der Waals surface area contributed by atoms with Crippen molar-refractivity contribution >= 4 is 75.0 Å². The van der Waals surface area contributed by atoms with Crippen LogP contribution in [-0.2, 0) is 11.6 Å². The number of carbonyl (C=O) groups excluding carboxylic acids is 1. The average molecular weight is 923 g/mol.